The van der Waals surface area contributed by atoms with Crippen LogP contribution in [0.1, 0.15) is 54.4 Å². The predicted molar refractivity (Wildman–Crippen MR) is 78.4 cm³/mol. The van der Waals surface area contributed by atoms with Crippen LogP contribution in [-0.4, -0.2) is 25.6 Å². The van der Waals surface area contributed by atoms with Crippen molar-refractivity contribution in [2.75, 3.05) is 0 Å². The SMILES string of the molecule is CC[Si](CC)(CC)O[C@]1(C)[C@@H](C)CC[C@@H]2O[C@@]21C. The highest BCUT2D eigenvalue weighted by Crippen LogP contribution is 2.58. The molecular weight excluding hydrogens is 240 g/mol. The van der Waals surface area contributed by atoms with Crippen LogP contribution in [0, 0.1) is 5.92 Å². The number of epoxide rings is 1. The molecule has 2 nitrogen and oxygen atoms in total. The van der Waals surface area contributed by atoms with Gasteiger partial charge in [0, 0.05) is 0 Å². The molecule has 2 aliphatic rings. The van der Waals surface area contributed by atoms with Gasteiger partial charge in [-0.1, -0.05) is 27.7 Å². The van der Waals surface area contributed by atoms with Gasteiger partial charge >= 0.3 is 0 Å². The van der Waals surface area contributed by atoms with Gasteiger partial charge in [-0.2, -0.15) is 0 Å². The third kappa shape index (κ3) is 1.90. The molecule has 0 aromatic heterocycles. The second-order valence-electron chi connectivity index (χ2n) is 6.64. The van der Waals surface area contributed by atoms with Gasteiger partial charge in [-0.15, -0.1) is 0 Å². The van der Waals surface area contributed by atoms with Gasteiger partial charge in [0.1, 0.15) is 5.60 Å². The van der Waals surface area contributed by atoms with Gasteiger partial charge < -0.3 is 9.16 Å². The maximum atomic E-state index is 6.90. The molecular formula is C15H30O2Si. The van der Waals surface area contributed by atoms with Crippen molar-refractivity contribution in [1.82, 2.24) is 0 Å². The van der Waals surface area contributed by atoms with E-state index >= 15 is 0 Å². The Labute approximate surface area is 114 Å². The molecule has 18 heavy (non-hydrogen) atoms. The summed E-state index contributed by atoms with van der Waals surface area (Å²) in [6, 6.07) is 3.68. The fourth-order valence-corrected chi connectivity index (χ4v) is 7.05. The van der Waals surface area contributed by atoms with E-state index in [0.29, 0.717) is 12.0 Å². The van der Waals surface area contributed by atoms with Crippen LogP contribution < -0.4 is 0 Å². The molecule has 0 N–H and O–H groups in total. The standard InChI is InChI=1S/C15H30O2Si/c1-7-18(8-2,9-3)17-14(5)12(4)10-11-13-15(14,6)16-13/h12-13H,7-11H2,1-6H3/t12-,13-,14+,15-/m0/s1. The van der Waals surface area contributed by atoms with Crippen LogP contribution in [0.4, 0.5) is 0 Å². The Bertz CT molecular complexity index is 307. The van der Waals surface area contributed by atoms with E-state index in [1.165, 1.54) is 31.0 Å². The Morgan fingerprint density at radius 3 is 2.17 bits per heavy atom. The molecule has 1 saturated carbocycles. The van der Waals surface area contributed by atoms with E-state index in [0.717, 1.165) is 0 Å². The van der Waals surface area contributed by atoms with Gasteiger partial charge in [-0.25, -0.2) is 0 Å². The van der Waals surface area contributed by atoms with Crippen LogP contribution in [0.5, 0.6) is 0 Å². The molecule has 0 aromatic carbocycles. The second kappa shape index (κ2) is 4.60. The lowest BCUT2D eigenvalue weighted by molar-refractivity contribution is -0.0507. The molecule has 2 fully saturated rings. The lowest BCUT2D eigenvalue weighted by atomic mass is 9.71. The first kappa shape index (κ1) is 14.5. The quantitative estimate of drug-likeness (QED) is 0.547. The van der Waals surface area contributed by atoms with Crippen LogP contribution in [0.25, 0.3) is 0 Å². The molecule has 1 heterocycles. The third-order valence-corrected chi connectivity index (χ3v) is 10.8. The van der Waals surface area contributed by atoms with Crippen molar-refractivity contribution in [2.45, 2.75) is 89.8 Å². The van der Waals surface area contributed by atoms with E-state index in [9.17, 15) is 0 Å². The summed E-state index contributed by atoms with van der Waals surface area (Å²) in [7, 11) is -1.56. The summed E-state index contributed by atoms with van der Waals surface area (Å²) in [4.78, 5) is 0. The Balaban J connectivity index is 2.24. The number of ether oxygens (including phenoxy) is 1. The van der Waals surface area contributed by atoms with E-state index in [2.05, 4.69) is 41.5 Å². The van der Waals surface area contributed by atoms with Gasteiger partial charge in [-0.05, 0) is 50.7 Å². The highest BCUT2D eigenvalue weighted by Gasteiger charge is 2.69. The summed E-state index contributed by atoms with van der Waals surface area (Å²) in [5.74, 6) is 0.609. The average molecular weight is 270 g/mol. The van der Waals surface area contributed by atoms with E-state index in [4.69, 9.17) is 9.16 Å². The zero-order valence-corrected chi connectivity index (χ0v) is 14.0. The van der Waals surface area contributed by atoms with Crippen molar-refractivity contribution in [3.8, 4) is 0 Å². The fourth-order valence-electron chi connectivity index (χ4n) is 3.82. The smallest absolute Gasteiger partial charge is 0.192 e. The Hall–Kier alpha value is 0.137. The van der Waals surface area contributed by atoms with Crippen LogP contribution in [0.3, 0.4) is 0 Å². The Kier molecular flexibility index (Phi) is 3.72. The first-order chi connectivity index (χ1) is 8.37. The summed E-state index contributed by atoms with van der Waals surface area (Å²) in [6.45, 7) is 13.9. The minimum absolute atomic E-state index is 0.0115. The Morgan fingerprint density at radius 1 is 1.11 bits per heavy atom. The fraction of sp³-hybridized carbons (Fsp3) is 1.00. The summed E-state index contributed by atoms with van der Waals surface area (Å²) in [5.41, 5.74) is -0.0768. The summed E-state index contributed by atoms with van der Waals surface area (Å²) < 4.78 is 12.9. The van der Waals surface area contributed by atoms with Crippen LogP contribution >= 0.6 is 0 Å². The average Bonchev–Trinajstić information content (AvgIpc) is 3.06. The molecule has 3 heteroatoms. The lowest BCUT2D eigenvalue weighted by Crippen LogP contribution is -2.58. The number of rotatable bonds is 5. The van der Waals surface area contributed by atoms with Crippen LogP contribution in [0.2, 0.25) is 18.1 Å². The Morgan fingerprint density at radius 2 is 1.67 bits per heavy atom. The normalized spacial score (nSPS) is 43.7. The maximum absolute atomic E-state index is 6.90. The molecule has 4 atom stereocenters. The second-order valence-corrected chi connectivity index (χ2v) is 11.3. The molecule has 0 radical (unpaired) electrons. The van der Waals surface area contributed by atoms with Crippen molar-refractivity contribution < 1.29 is 9.16 Å². The van der Waals surface area contributed by atoms with Gasteiger partial charge in [0.25, 0.3) is 0 Å². The number of hydrogen-bond donors (Lipinski definition) is 0. The van der Waals surface area contributed by atoms with Crippen molar-refractivity contribution in [2.24, 2.45) is 5.92 Å². The molecule has 106 valence electrons. The monoisotopic (exact) mass is 270 g/mol. The first-order valence-electron chi connectivity index (χ1n) is 7.75. The van der Waals surface area contributed by atoms with E-state index in [-0.39, 0.29) is 11.2 Å². The highest BCUT2D eigenvalue weighted by molar-refractivity contribution is 6.73. The molecule has 2 rings (SSSR count). The minimum atomic E-state index is -1.56. The van der Waals surface area contributed by atoms with Crippen LogP contribution in [-0.2, 0) is 9.16 Å². The summed E-state index contributed by atoms with van der Waals surface area (Å²) >= 11 is 0. The molecule has 1 aliphatic carbocycles. The number of hydrogen-bond acceptors (Lipinski definition) is 2. The zero-order valence-electron chi connectivity index (χ0n) is 13.0. The van der Waals surface area contributed by atoms with E-state index in [1.54, 1.807) is 0 Å². The van der Waals surface area contributed by atoms with Crippen molar-refractivity contribution >= 4 is 8.32 Å². The lowest BCUT2D eigenvalue weighted by Gasteiger charge is -2.48. The van der Waals surface area contributed by atoms with Crippen molar-refractivity contribution in [1.29, 1.82) is 0 Å². The van der Waals surface area contributed by atoms with Gasteiger partial charge in [-0.3, -0.25) is 0 Å². The van der Waals surface area contributed by atoms with Crippen molar-refractivity contribution in [3.05, 3.63) is 0 Å². The predicted octanol–water partition coefficient (Wildman–Crippen LogP) is 4.35. The molecule has 0 aromatic rings. The third-order valence-electron chi connectivity index (χ3n) is 6.09. The maximum Gasteiger partial charge on any atom is 0.192 e. The zero-order chi connectivity index (χ0) is 13.6. The van der Waals surface area contributed by atoms with E-state index in [1.807, 2.05) is 0 Å². The van der Waals surface area contributed by atoms with E-state index < -0.39 is 8.32 Å². The van der Waals surface area contributed by atoms with Gasteiger partial charge in [0.15, 0.2) is 8.32 Å². The molecule has 0 bridgehead atoms. The molecule has 0 amide bonds. The summed E-state index contributed by atoms with van der Waals surface area (Å²) in [5, 5.41) is 0. The first-order valence-corrected chi connectivity index (χ1v) is 10.3. The largest absolute Gasteiger partial charge is 0.408 e. The topological polar surface area (TPSA) is 21.8 Å². The molecule has 0 unspecified atom stereocenters. The van der Waals surface area contributed by atoms with Gasteiger partial charge in [0.05, 0.1) is 11.7 Å². The summed E-state index contributed by atoms with van der Waals surface area (Å²) in [6.07, 6.45) is 2.92. The molecule has 1 saturated heterocycles. The molecule has 1 aliphatic heterocycles. The van der Waals surface area contributed by atoms with Crippen LogP contribution in [0.15, 0.2) is 0 Å². The highest BCUT2D eigenvalue weighted by atomic mass is 28.4. The minimum Gasteiger partial charge on any atom is -0.408 e. The van der Waals surface area contributed by atoms with Gasteiger partial charge in [0.2, 0.25) is 0 Å². The molecule has 0 spiro atoms. The number of fused-ring (bicyclic) bond motifs is 1. The van der Waals surface area contributed by atoms with Crippen molar-refractivity contribution in [3.63, 3.8) is 0 Å².